The van der Waals surface area contributed by atoms with Gasteiger partial charge in [-0.2, -0.15) is 0 Å². The maximum Gasteiger partial charge on any atom is 0.224 e. The summed E-state index contributed by atoms with van der Waals surface area (Å²) in [5.41, 5.74) is 0. The van der Waals surface area contributed by atoms with Crippen molar-refractivity contribution in [1.29, 1.82) is 0 Å². The van der Waals surface area contributed by atoms with Crippen LogP contribution in [0.15, 0.2) is 0 Å². The van der Waals surface area contributed by atoms with Crippen LogP contribution in [0.4, 0.5) is 0 Å². The topological polar surface area (TPSA) is 427 Å². The van der Waals surface area contributed by atoms with Crippen molar-refractivity contribution in [3.8, 4) is 0 Å². The van der Waals surface area contributed by atoms with Crippen molar-refractivity contribution in [2.75, 3.05) is 59.5 Å². The lowest BCUT2D eigenvalue weighted by Crippen LogP contribution is -2.63. The van der Waals surface area contributed by atoms with Gasteiger partial charge >= 0.3 is 0 Å². The third-order valence-corrected chi connectivity index (χ3v) is 10.7. The van der Waals surface area contributed by atoms with E-state index in [-0.39, 0.29) is 0 Å². The van der Waals surface area contributed by atoms with Crippen LogP contribution in [0, 0.1) is 0 Å². The van der Waals surface area contributed by atoms with Gasteiger partial charge in [-0.1, -0.05) is 0 Å². The maximum atomic E-state index is 11.2. The Morgan fingerprint density at radius 3 is 1.14 bits per heavy atom. The van der Waals surface area contributed by atoms with E-state index in [1.165, 1.54) is 0 Å². The van der Waals surface area contributed by atoms with Crippen LogP contribution in [0.2, 0.25) is 0 Å². The molecule has 17 N–H and O–H groups in total. The summed E-state index contributed by atoms with van der Waals surface area (Å²) in [7, 11) is 0. The van der Waals surface area contributed by atoms with Gasteiger partial charge in [0.25, 0.3) is 0 Å². The van der Waals surface area contributed by atoms with Crippen molar-refractivity contribution < 1.29 is 129 Å². The summed E-state index contributed by atoms with van der Waals surface area (Å²) < 4.78 is 50.1. The minimum atomic E-state index is -2.67. The Bertz CT molecular complexity index is 1270. The Balaban J connectivity index is 1.39. The van der Waals surface area contributed by atoms with Gasteiger partial charge in [0.2, 0.25) is 23.1 Å². The predicted octanol–water partition coefficient (Wildman–Crippen LogP) is -11.9. The lowest BCUT2D eigenvalue weighted by Gasteiger charge is -2.44. The van der Waals surface area contributed by atoms with E-state index in [2.05, 4.69) is 0 Å². The molecule has 5 rings (SSSR count). The number of ether oxygens (including phenoxy) is 9. The maximum absolute atomic E-state index is 11.2. The molecule has 0 bridgehead atoms. The second-order valence-electron chi connectivity index (χ2n) is 14.2. The zero-order valence-corrected chi connectivity index (χ0v) is 29.5. The van der Waals surface area contributed by atoms with Crippen LogP contribution in [0.5, 0.6) is 0 Å². The van der Waals surface area contributed by atoms with Crippen LogP contribution < -0.4 is 0 Å². The Kier molecular flexibility index (Phi) is 14.7. The molecule has 5 saturated heterocycles. The molecule has 26 heteroatoms. The summed E-state index contributed by atoms with van der Waals surface area (Å²) in [6, 6.07) is 0. The molecule has 0 aromatic heterocycles. The van der Waals surface area contributed by atoms with E-state index in [4.69, 9.17) is 42.6 Å². The van der Waals surface area contributed by atoms with Crippen molar-refractivity contribution in [2.45, 2.75) is 127 Å². The first kappa shape index (κ1) is 46.0. The van der Waals surface area contributed by atoms with Gasteiger partial charge in [0.1, 0.15) is 124 Å². The fourth-order valence-electron chi connectivity index (χ4n) is 7.16. The van der Waals surface area contributed by atoms with E-state index in [1.807, 2.05) is 0 Å². The van der Waals surface area contributed by atoms with Gasteiger partial charge in [0.15, 0.2) is 6.29 Å². The molecule has 0 radical (unpaired) electrons. The second kappa shape index (κ2) is 17.9. The van der Waals surface area contributed by atoms with Gasteiger partial charge < -0.3 is 129 Å². The van der Waals surface area contributed by atoms with Crippen LogP contribution in [0.25, 0.3) is 0 Å². The van der Waals surface area contributed by atoms with Crippen LogP contribution in [-0.2, 0) is 42.6 Å². The number of aliphatic hydroxyl groups is 17. The summed E-state index contributed by atoms with van der Waals surface area (Å²) >= 11 is 0. The lowest BCUT2D eigenvalue weighted by atomic mass is 9.98. The van der Waals surface area contributed by atoms with Crippen LogP contribution in [0.3, 0.4) is 0 Å². The summed E-state index contributed by atoms with van der Waals surface area (Å²) in [5, 5.41) is 176. The normalized spacial score (nSPS) is 52.3. The minimum Gasteiger partial charge on any atom is -0.394 e. The number of hydrogen-bond acceptors (Lipinski definition) is 26. The molecule has 0 amide bonds. The predicted molar refractivity (Wildman–Crippen MR) is 167 cm³/mol. The monoisotopic (exact) mass is 828 g/mol. The van der Waals surface area contributed by atoms with Gasteiger partial charge in [-0.25, -0.2) is 0 Å². The van der Waals surface area contributed by atoms with Crippen molar-refractivity contribution in [3.05, 3.63) is 0 Å². The second-order valence-corrected chi connectivity index (χ2v) is 14.2. The molecule has 26 nitrogen and oxygen atoms in total. The largest absolute Gasteiger partial charge is 0.394 e. The molecule has 0 spiro atoms. The standard InChI is InChI=1S/C30H52O26/c31-1-10-16(38)22(44)27(6-35,52-10)49-9-30(25(47)19(41)13(4-34)55-30)50-8-29(24(46)18(40)12(3-33)54-29)48-5-14-15(37)20(42)21(43)26(51-14)56-28(7-36)23(45)17(39)11(2-32)53-28/h10-26,31-47H,1-9H2. The smallest absolute Gasteiger partial charge is 0.224 e. The third kappa shape index (κ3) is 7.97. The van der Waals surface area contributed by atoms with Crippen molar-refractivity contribution in [1.82, 2.24) is 0 Å². The van der Waals surface area contributed by atoms with Crippen LogP contribution in [-0.4, -0.2) is 273 Å². The molecular weight excluding hydrogens is 776 g/mol. The number of hydrogen-bond donors (Lipinski definition) is 17. The highest BCUT2D eigenvalue weighted by Crippen LogP contribution is 2.42. The first-order valence-electron chi connectivity index (χ1n) is 17.5. The number of rotatable bonds is 17. The molecule has 21 unspecified atom stereocenters. The molecule has 0 aromatic carbocycles. The average Bonchev–Trinajstić information content (AvgIpc) is 3.80. The summed E-state index contributed by atoms with van der Waals surface area (Å²) in [6.45, 7) is -9.20. The van der Waals surface area contributed by atoms with Gasteiger partial charge in [-0.3, -0.25) is 0 Å². The zero-order chi connectivity index (χ0) is 41.5. The zero-order valence-electron chi connectivity index (χ0n) is 29.5. The van der Waals surface area contributed by atoms with Crippen LogP contribution in [0.1, 0.15) is 0 Å². The first-order chi connectivity index (χ1) is 26.4. The van der Waals surface area contributed by atoms with Crippen molar-refractivity contribution in [3.63, 3.8) is 0 Å². The van der Waals surface area contributed by atoms with Gasteiger partial charge in [0.05, 0.1) is 33.0 Å². The summed E-state index contributed by atoms with van der Waals surface area (Å²) in [6.07, 6.45) is -32.2. The molecule has 0 aromatic rings. The van der Waals surface area contributed by atoms with E-state index in [1.54, 1.807) is 0 Å². The Morgan fingerprint density at radius 1 is 0.375 bits per heavy atom. The highest BCUT2D eigenvalue weighted by molar-refractivity contribution is 5.03. The molecule has 0 saturated carbocycles. The molecule has 5 heterocycles. The molecule has 21 atom stereocenters. The van der Waals surface area contributed by atoms with Gasteiger partial charge in [-0.05, 0) is 0 Å². The molecule has 5 fully saturated rings. The average molecular weight is 829 g/mol. The van der Waals surface area contributed by atoms with E-state index < -0.39 is 187 Å². The Hall–Kier alpha value is -1.04. The van der Waals surface area contributed by atoms with Gasteiger partial charge in [0, 0.05) is 0 Å². The number of aliphatic hydroxyl groups excluding tert-OH is 17. The van der Waals surface area contributed by atoms with Gasteiger partial charge in [-0.15, -0.1) is 0 Å². The molecule has 5 aliphatic heterocycles. The Labute approximate surface area is 316 Å². The molecule has 56 heavy (non-hydrogen) atoms. The molecular formula is C30H52O26. The summed E-state index contributed by atoms with van der Waals surface area (Å²) in [5.74, 6) is -10.4. The van der Waals surface area contributed by atoms with Crippen molar-refractivity contribution in [2.24, 2.45) is 0 Å². The lowest BCUT2D eigenvalue weighted by molar-refractivity contribution is -0.392. The van der Waals surface area contributed by atoms with E-state index in [0.29, 0.717) is 0 Å². The fraction of sp³-hybridized carbons (Fsp3) is 1.00. The Morgan fingerprint density at radius 2 is 0.732 bits per heavy atom. The third-order valence-electron chi connectivity index (χ3n) is 10.7. The van der Waals surface area contributed by atoms with Crippen LogP contribution >= 0.6 is 0 Å². The highest BCUT2D eigenvalue weighted by atomic mass is 16.8. The fourth-order valence-corrected chi connectivity index (χ4v) is 7.16. The minimum absolute atomic E-state index is 0.841. The van der Waals surface area contributed by atoms with E-state index >= 15 is 0 Å². The SMILES string of the molecule is OCC1OC(CO)(OCC2(OCC3(OCC4OC(OC5(CO)OC(CO)C(O)C5O)C(O)C(O)C4O)OC(CO)C(O)C3O)OC(CO)C(O)C2O)C(O)C1O. The van der Waals surface area contributed by atoms with E-state index in [9.17, 15) is 86.8 Å². The molecule has 5 aliphatic rings. The van der Waals surface area contributed by atoms with E-state index in [0.717, 1.165) is 0 Å². The quantitative estimate of drug-likeness (QED) is 0.0647. The molecule has 328 valence electrons. The molecule has 0 aliphatic carbocycles. The van der Waals surface area contributed by atoms with Crippen molar-refractivity contribution >= 4 is 0 Å². The summed E-state index contributed by atoms with van der Waals surface area (Å²) in [4.78, 5) is 0. The highest BCUT2D eigenvalue weighted by Gasteiger charge is 2.64. The first-order valence-corrected chi connectivity index (χ1v) is 17.5.